The molecule has 6 nitrogen and oxygen atoms in total. The second-order valence-corrected chi connectivity index (χ2v) is 7.40. The SMILES string of the molecule is Cc1nnc2sc(-c3ccc(NC(=O)c4ccc5ccccc5c4)cc3)nn12. The van der Waals surface area contributed by atoms with Gasteiger partial charge < -0.3 is 5.32 Å². The molecule has 0 atom stereocenters. The van der Waals surface area contributed by atoms with Crippen LogP contribution < -0.4 is 5.32 Å². The number of fused-ring (bicyclic) bond motifs is 2. The molecule has 0 bridgehead atoms. The van der Waals surface area contributed by atoms with Crippen molar-refractivity contribution in [2.45, 2.75) is 6.92 Å². The van der Waals surface area contributed by atoms with Crippen molar-refractivity contribution >= 4 is 38.7 Å². The predicted molar refractivity (Wildman–Crippen MR) is 111 cm³/mol. The summed E-state index contributed by atoms with van der Waals surface area (Å²) in [5.74, 6) is 0.629. The molecule has 2 aromatic heterocycles. The molecule has 0 aliphatic carbocycles. The second kappa shape index (κ2) is 6.54. The van der Waals surface area contributed by atoms with E-state index < -0.39 is 0 Å². The summed E-state index contributed by atoms with van der Waals surface area (Å²) in [4.78, 5) is 13.4. The Morgan fingerprint density at radius 2 is 1.75 bits per heavy atom. The van der Waals surface area contributed by atoms with Gasteiger partial charge in [0.2, 0.25) is 4.96 Å². The van der Waals surface area contributed by atoms with Crippen molar-refractivity contribution in [1.29, 1.82) is 0 Å². The lowest BCUT2D eigenvalue weighted by atomic mass is 10.1. The third kappa shape index (κ3) is 2.91. The van der Waals surface area contributed by atoms with Crippen LogP contribution in [0.2, 0.25) is 0 Å². The molecule has 0 radical (unpaired) electrons. The summed E-state index contributed by atoms with van der Waals surface area (Å²) >= 11 is 1.48. The molecule has 0 unspecified atom stereocenters. The van der Waals surface area contributed by atoms with Crippen molar-refractivity contribution in [1.82, 2.24) is 19.8 Å². The molecule has 3 aromatic carbocycles. The van der Waals surface area contributed by atoms with E-state index in [1.54, 1.807) is 4.52 Å². The average molecular weight is 385 g/mol. The van der Waals surface area contributed by atoms with Crippen LogP contribution in [0.5, 0.6) is 0 Å². The fourth-order valence-corrected chi connectivity index (χ4v) is 3.95. The van der Waals surface area contributed by atoms with Gasteiger partial charge in [-0.05, 0) is 54.1 Å². The number of aromatic nitrogens is 4. The predicted octanol–water partition coefficient (Wildman–Crippen LogP) is 4.57. The quantitative estimate of drug-likeness (QED) is 0.494. The molecule has 5 aromatic rings. The number of hydrogen-bond acceptors (Lipinski definition) is 5. The molecule has 136 valence electrons. The summed E-state index contributed by atoms with van der Waals surface area (Å²) in [6, 6.07) is 21.3. The molecule has 0 spiro atoms. The minimum absolute atomic E-state index is 0.132. The Morgan fingerprint density at radius 3 is 2.54 bits per heavy atom. The number of hydrogen-bond donors (Lipinski definition) is 1. The van der Waals surface area contributed by atoms with Crippen LogP contribution >= 0.6 is 11.3 Å². The number of aryl methyl sites for hydroxylation is 1. The first-order valence-electron chi connectivity index (χ1n) is 8.77. The first kappa shape index (κ1) is 16.6. The van der Waals surface area contributed by atoms with Gasteiger partial charge in [-0.15, -0.1) is 10.2 Å². The maximum atomic E-state index is 12.6. The molecule has 0 saturated carbocycles. The Bertz CT molecular complexity index is 1320. The van der Waals surface area contributed by atoms with Crippen molar-refractivity contribution in [3.8, 4) is 10.6 Å². The van der Waals surface area contributed by atoms with Gasteiger partial charge in [-0.25, -0.2) is 0 Å². The first-order valence-corrected chi connectivity index (χ1v) is 9.58. The molecule has 0 saturated heterocycles. The first-order chi connectivity index (χ1) is 13.7. The monoisotopic (exact) mass is 385 g/mol. The highest BCUT2D eigenvalue weighted by Crippen LogP contribution is 2.26. The lowest BCUT2D eigenvalue weighted by Crippen LogP contribution is -2.11. The highest BCUT2D eigenvalue weighted by Gasteiger charge is 2.11. The van der Waals surface area contributed by atoms with E-state index in [1.807, 2.05) is 73.7 Å². The van der Waals surface area contributed by atoms with Gasteiger partial charge in [0.25, 0.3) is 5.91 Å². The normalized spacial score (nSPS) is 11.2. The number of nitrogens with zero attached hydrogens (tertiary/aromatic N) is 4. The maximum absolute atomic E-state index is 12.6. The zero-order valence-electron chi connectivity index (χ0n) is 15.0. The molecule has 5 rings (SSSR count). The number of carbonyl (C=O) groups is 1. The number of nitrogens with one attached hydrogen (secondary N) is 1. The van der Waals surface area contributed by atoms with E-state index in [4.69, 9.17) is 0 Å². The van der Waals surface area contributed by atoms with Gasteiger partial charge in [-0.2, -0.15) is 9.61 Å². The van der Waals surface area contributed by atoms with Gasteiger partial charge in [0.05, 0.1) is 0 Å². The third-order valence-electron chi connectivity index (χ3n) is 4.55. The summed E-state index contributed by atoms with van der Waals surface area (Å²) in [5.41, 5.74) is 2.34. The maximum Gasteiger partial charge on any atom is 0.255 e. The van der Waals surface area contributed by atoms with Crippen molar-refractivity contribution in [3.05, 3.63) is 78.1 Å². The van der Waals surface area contributed by atoms with Crippen LogP contribution in [0.1, 0.15) is 16.2 Å². The Morgan fingerprint density at radius 1 is 0.964 bits per heavy atom. The van der Waals surface area contributed by atoms with Crippen molar-refractivity contribution in [2.24, 2.45) is 0 Å². The van der Waals surface area contributed by atoms with Gasteiger partial charge >= 0.3 is 0 Å². The number of anilines is 1. The average Bonchev–Trinajstić information content (AvgIpc) is 3.30. The smallest absolute Gasteiger partial charge is 0.255 e. The standard InChI is InChI=1S/C21H15N5OS/c1-13-23-24-21-26(13)25-20(28-21)15-8-10-18(11-9-15)22-19(27)17-7-6-14-4-2-3-5-16(14)12-17/h2-12H,1H3,(H,22,27). The number of benzene rings is 3. The van der Waals surface area contributed by atoms with Gasteiger partial charge in [0.15, 0.2) is 5.82 Å². The van der Waals surface area contributed by atoms with Crippen molar-refractivity contribution in [3.63, 3.8) is 0 Å². The van der Waals surface area contributed by atoms with E-state index in [-0.39, 0.29) is 5.91 Å². The van der Waals surface area contributed by atoms with Gasteiger partial charge in [-0.3, -0.25) is 4.79 Å². The number of carbonyl (C=O) groups excluding carboxylic acids is 1. The summed E-state index contributed by atoms with van der Waals surface area (Å²) in [7, 11) is 0. The van der Waals surface area contributed by atoms with E-state index in [1.165, 1.54) is 11.3 Å². The highest BCUT2D eigenvalue weighted by molar-refractivity contribution is 7.19. The van der Waals surface area contributed by atoms with Gasteiger partial charge in [0, 0.05) is 16.8 Å². The number of rotatable bonds is 3. The molecule has 0 aliphatic rings. The highest BCUT2D eigenvalue weighted by atomic mass is 32.1. The van der Waals surface area contributed by atoms with Crippen LogP contribution in [0.15, 0.2) is 66.7 Å². The van der Waals surface area contributed by atoms with E-state index in [2.05, 4.69) is 20.6 Å². The Balaban J connectivity index is 1.36. The largest absolute Gasteiger partial charge is 0.322 e. The second-order valence-electron chi connectivity index (χ2n) is 6.44. The summed E-state index contributed by atoms with van der Waals surface area (Å²) in [6.45, 7) is 1.87. The molecule has 1 amide bonds. The Labute approximate surface area is 164 Å². The minimum atomic E-state index is -0.132. The van der Waals surface area contributed by atoms with E-state index >= 15 is 0 Å². The molecule has 7 heteroatoms. The zero-order chi connectivity index (χ0) is 19.1. The Hall–Kier alpha value is -3.58. The molecular weight excluding hydrogens is 370 g/mol. The lowest BCUT2D eigenvalue weighted by molar-refractivity contribution is 0.102. The fraction of sp³-hybridized carbons (Fsp3) is 0.0476. The van der Waals surface area contributed by atoms with Crippen LogP contribution in [0, 0.1) is 6.92 Å². The third-order valence-corrected chi connectivity index (χ3v) is 5.50. The topological polar surface area (TPSA) is 72.2 Å². The van der Waals surface area contributed by atoms with Crippen LogP contribution in [0.25, 0.3) is 26.3 Å². The van der Waals surface area contributed by atoms with Crippen molar-refractivity contribution in [2.75, 3.05) is 5.32 Å². The van der Waals surface area contributed by atoms with Crippen LogP contribution in [0.4, 0.5) is 5.69 Å². The number of amides is 1. The minimum Gasteiger partial charge on any atom is -0.322 e. The molecule has 1 N–H and O–H groups in total. The van der Waals surface area contributed by atoms with E-state index in [0.717, 1.165) is 37.8 Å². The molecule has 28 heavy (non-hydrogen) atoms. The van der Waals surface area contributed by atoms with E-state index in [9.17, 15) is 4.79 Å². The molecule has 0 aliphatic heterocycles. The Kier molecular flexibility index (Phi) is 3.87. The van der Waals surface area contributed by atoms with E-state index in [0.29, 0.717) is 5.56 Å². The van der Waals surface area contributed by atoms with Crippen LogP contribution in [-0.2, 0) is 0 Å². The van der Waals surface area contributed by atoms with Gasteiger partial charge in [0.1, 0.15) is 5.01 Å². The van der Waals surface area contributed by atoms with Crippen LogP contribution in [0.3, 0.4) is 0 Å². The molecular formula is C21H15N5OS. The zero-order valence-corrected chi connectivity index (χ0v) is 15.8. The van der Waals surface area contributed by atoms with Crippen LogP contribution in [-0.4, -0.2) is 25.7 Å². The fourth-order valence-electron chi connectivity index (χ4n) is 3.06. The van der Waals surface area contributed by atoms with Gasteiger partial charge in [-0.1, -0.05) is 41.7 Å². The molecule has 2 heterocycles. The summed E-state index contributed by atoms with van der Waals surface area (Å²) in [6.07, 6.45) is 0. The van der Waals surface area contributed by atoms with Crippen molar-refractivity contribution < 1.29 is 4.79 Å². The molecule has 0 fully saturated rings. The lowest BCUT2D eigenvalue weighted by Gasteiger charge is -2.07. The summed E-state index contributed by atoms with van der Waals surface area (Å²) in [5, 5.41) is 18.6. The summed E-state index contributed by atoms with van der Waals surface area (Å²) < 4.78 is 1.73.